The molecule has 0 spiro atoms. The molecule has 6 nitrogen and oxygen atoms in total. The van der Waals surface area contributed by atoms with Crippen LogP contribution < -0.4 is 4.90 Å². The van der Waals surface area contributed by atoms with Gasteiger partial charge in [0.2, 0.25) is 5.91 Å². The number of fused-ring (bicyclic) bond motifs is 1. The van der Waals surface area contributed by atoms with E-state index in [2.05, 4.69) is 20.6 Å². The number of carbonyl (C=O) groups excluding carboxylic acids is 1. The molecule has 0 saturated heterocycles. The van der Waals surface area contributed by atoms with Gasteiger partial charge in [0.15, 0.2) is 5.82 Å². The molecule has 2 heterocycles. The summed E-state index contributed by atoms with van der Waals surface area (Å²) in [6, 6.07) is 5.73. The molecule has 22 heavy (non-hydrogen) atoms. The van der Waals surface area contributed by atoms with Crippen LogP contribution in [0.2, 0.25) is 5.02 Å². The van der Waals surface area contributed by atoms with Crippen molar-refractivity contribution in [1.82, 2.24) is 20.6 Å². The highest BCUT2D eigenvalue weighted by atomic mass is 35.5. The van der Waals surface area contributed by atoms with E-state index < -0.39 is 5.41 Å². The zero-order valence-corrected chi connectivity index (χ0v) is 12.8. The van der Waals surface area contributed by atoms with E-state index in [1.54, 1.807) is 0 Å². The lowest BCUT2D eigenvalue weighted by atomic mass is 9.83. The summed E-state index contributed by atoms with van der Waals surface area (Å²) < 4.78 is 0. The van der Waals surface area contributed by atoms with Gasteiger partial charge in [0, 0.05) is 17.3 Å². The summed E-state index contributed by atoms with van der Waals surface area (Å²) in [6.45, 7) is 0.664. The van der Waals surface area contributed by atoms with Crippen LogP contribution in [-0.4, -0.2) is 33.1 Å². The Hall–Kier alpha value is -1.95. The maximum atomic E-state index is 13.3. The first-order valence-corrected chi connectivity index (χ1v) is 7.93. The summed E-state index contributed by atoms with van der Waals surface area (Å²) in [4.78, 5) is 15.2. The van der Waals surface area contributed by atoms with Gasteiger partial charge in [-0.25, -0.2) is 0 Å². The fraction of sp³-hybridized carbons (Fsp3) is 0.467. The second kappa shape index (κ2) is 5.05. The summed E-state index contributed by atoms with van der Waals surface area (Å²) in [5.41, 5.74) is 1.34. The Bertz CT molecular complexity index is 709. The Morgan fingerprint density at radius 1 is 1.32 bits per heavy atom. The van der Waals surface area contributed by atoms with E-state index in [1.165, 1.54) is 0 Å². The molecule has 1 saturated carbocycles. The molecule has 0 bridgehead atoms. The van der Waals surface area contributed by atoms with E-state index >= 15 is 0 Å². The normalized spacial score (nSPS) is 19.4. The van der Waals surface area contributed by atoms with Gasteiger partial charge in [-0.2, -0.15) is 5.21 Å². The number of tetrazole rings is 1. The molecule has 7 heteroatoms. The Morgan fingerprint density at radius 2 is 2.14 bits per heavy atom. The van der Waals surface area contributed by atoms with Gasteiger partial charge in [0.25, 0.3) is 0 Å². The summed E-state index contributed by atoms with van der Waals surface area (Å²) in [5.74, 6) is 0.595. The lowest BCUT2D eigenvalue weighted by Crippen LogP contribution is -2.45. The van der Waals surface area contributed by atoms with Gasteiger partial charge in [-0.05, 0) is 37.0 Å². The maximum absolute atomic E-state index is 13.3. The quantitative estimate of drug-likeness (QED) is 0.922. The standard InChI is InChI=1S/C15H16ClN5O/c16-11-4-3-5-12-10(11)6-9-21(12)14(22)15(7-1-2-8-15)13-17-19-20-18-13/h3-5H,1-2,6-9H2,(H,17,18,19,20). The van der Waals surface area contributed by atoms with Crippen molar-refractivity contribution in [2.24, 2.45) is 0 Å². The van der Waals surface area contributed by atoms with Crippen LogP contribution in [0.25, 0.3) is 0 Å². The number of hydrogen-bond acceptors (Lipinski definition) is 4. The zero-order valence-electron chi connectivity index (χ0n) is 12.0. The maximum Gasteiger partial charge on any atom is 0.241 e. The van der Waals surface area contributed by atoms with Crippen molar-refractivity contribution in [1.29, 1.82) is 0 Å². The average molecular weight is 318 g/mol. The predicted octanol–water partition coefficient (Wildman–Crippen LogP) is 2.25. The van der Waals surface area contributed by atoms with Gasteiger partial charge in [0.1, 0.15) is 5.41 Å². The number of aromatic amines is 1. The Morgan fingerprint density at radius 3 is 2.86 bits per heavy atom. The van der Waals surface area contributed by atoms with Crippen LogP contribution in [-0.2, 0) is 16.6 Å². The highest BCUT2D eigenvalue weighted by molar-refractivity contribution is 6.32. The number of aromatic nitrogens is 4. The number of hydrogen-bond donors (Lipinski definition) is 1. The Balaban J connectivity index is 1.75. The van der Waals surface area contributed by atoms with E-state index in [9.17, 15) is 4.79 Å². The van der Waals surface area contributed by atoms with Crippen molar-refractivity contribution >= 4 is 23.2 Å². The number of benzene rings is 1. The second-order valence-electron chi connectivity index (χ2n) is 5.97. The number of H-pyrrole nitrogens is 1. The second-order valence-corrected chi connectivity index (χ2v) is 6.38. The number of rotatable bonds is 2. The number of anilines is 1. The molecule has 114 valence electrons. The molecule has 1 amide bonds. The SMILES string of the molecule is O=C(N1CCc2c(Cl)cccc21)C1(c2nn[nH]n2)CCCC1. The number of halogens is 1. The highest BCUT2D eigenvalue weighted by Gasteiger charge is 2.49. The molecule has 1 N–H and O–H groups in total. The smallest absolute Gasteiger partial charge is 0.241 e. The molecule has 1 aliphatic carbocycles. The van der Waals surface area contributed by atoms with Crippen LogP contribution >= 0.6 is 11.6 Å². The van der Waals surface area contributed by atoms with Crippen LogP contribution in [0.5, 0.6) is 0 Å². The molecule has 2 aromatic rings. The summed E-state index contributed by atoms with van der Waals surface area (Å²) in [5, 5.41) is 15.1. The number of nitrogens with zero attached hydrogens (tertiary/aromatic N) is 4. The molecular weight excluding hydrogens is 302 g/mol. The van der Waals surface area contributed by atoms with Crippen molar-refractivity contribution in [3.63, 3.8) is 0 Å². The van der Waals surface area contributed by atoms with Crippen LogP contribution in [0.4, 0.5) is 5.69 Å². The first-order chi connectivity index (χ1) is 10.7. The molecule has 1 aromatic carbocycles. The van der Waals surface area contributed by atoms with Crippen LogP contribution in [0.3, 0.4) is 0 Å². The van der Waals surface area contributed by atoms with E-state index in [4.69, 9.17) is 11.6 Å². The minimum atomic E-state index is -0.642. The van der Waals surface area contributed by atoms with Crippen LogP contribution in [0.1, 0.15) is 37.1 Å². The summed E-state index contributed by atoms with van der Waals surface area (Å²) >= 11 is 6.26. The number of nitrogens with one attached hydrogen (secondary N) is 1. The fourth-order valence-electron chi connectivity index (χ4n) is 3.74. The molecular formula is C15H16ClN5O. The highest BCUT2D eigenvalue weighted by Crippen LogP contribution is 2.43. The molecule has 4 rings (SSSR count). The minimum Gasteiger partial charge on any atom is -0.311 e. The predicted molar refractivity (Wildman–Crippen MR) is 81.8 cm³/mol. The first-order valence-electron chi connectivity index (χ1n) is 7.56. The van der Waals surface area contributed by atoms with E-state index in [0.29, 0.717) is 12.4 Å². The van der Waals surface area contributed by atoms with E-state index in [0.717, 1.165) is 48.4 Å². The van der Waals surface area contributed by atoms with Gasteiger partial charge in [0.05, 0.1) is 0 Å². The van der Waals surface area contributed by atoms with Gasteiger partial charge in [-0.3, -0.25) is 4.79 Å². The molecule has 2 aliphatic rings. The van der Waals surface area contributed by atoms with Crippen molar-refractivity contribution in [3.8, 4) is 0 Å². The van der Waals surface area contributed by atoms with Crippen molar-refractivity contribution < 1.29 is 4.79 Å². The van der Waals surface area contributed by atoms with Gasteiger partial charge in [-0.15, -0.1) is 10.2 Å². The fourth-order valence-corrected chi connectivity index (χ4v) is 4.00. The van der Waals surface area contributed by atoms with Gasteiger partial charge < -0.3 is 4.90 Å². The van der Waals surface area contributed by atoms with E-state index in [1.807, 2.05) is 23.1 Å². The number of carbonyl (C=O) groups is 1. The topological polar surface area (TPSA) is 74.8 Å². The average Bonchev–Trinajstić information content (AvgIpc) is 3.26. The third kappa shape index (κ3) is 1.86. The van der Waals surface area contributed by atoms with Crippen molar-refractivity contribution in [2.45, 2.75) is 37.5 Å². The lowest BCUT2D eigenvalue weighted by molar-refractivity contribution is -0.124. The van der Waals surface area contributed by atoms with Crippen molar-refractivity contribution in [2.75, 3.05) is 11.4 Å². The van der Waals surface area contributed by atoms with Gasteiger partial charge >= 0.3 is 0 Å². The Labute approximate surface area is 132 Å². The summed E-state index contributed by atoms with van der Waals surface area (Å²) in [7, 11) is 0. The third-order valence-electron chi connectivity index (χ3n) is 4.86. The molecule has 1 aliphatic heterocycles. The lowest BCUT2D eigenvalue weighted by Gasteiger charge is -2.30. The number of amides is 1. The summed E-state index contributed by atoms with van der Waals surface area (Å²) in [6.07, 6.45) is 4.37. The molecule has 1 aromatic heterocycles. The first kappa shape index (κ1) is 13.7. The minimum absolute atomic E-state index is 0.0763. The van der Waals surface area contributed by atoms with Crippen molar-refractivity contribution in [3.05, 3.63) is 34.6 Å². The monoisotopic (exact) mass is 317 g/mol. The molecule has 0 unspecified atom stereocenters. The molecule has 0 radical (unpaired) electrons. The van der Waals surface area contributed by atoms with E-state index in [-0.39, 0.29) is 5.91 Å². The third-order valence-corrected chi connectivity index (χ3v) is 5.21. The largest absolute Gasteiger partial charge is 0.311 e. The molecule has 1 fully saturated rings. The van der Waals surface area contributed by atoms with Gasteiger partial charge in [-0.1, -0.05) is 35.7 Å². The van der Waals surface area contributed by atoms with Crippen LogP contribution in [0.15, 0.2) is 18.2 Å². The zero-order chi connectivity index (χ0) is 15.2. The Kier molecular flexibility index (Phi) is 3.14. The van der Waals surface area contributed by atoms with Crippen LogP contribution in [0, 0.1) is 0 Å². The molecule has 0 atom stereocenters.